The molecule has 2 rings (SSSR count). The minimum atomic E-state index is 0.232. The molecule has 7 nitrogen and oxygen atoms in total. The topological polar surface area (TPSA) is 75.2 Å². The lowest BCUT2D eigenvalue weighted by Gasteiger charge is -2.39. The molecule has 1 fully saturated rings. The van der Waals surface area contributed by atoms with Crippen molar-refractivity contribution in [2.24, 2.45) is 12.9 Å². The molecule has 2 atom stereocenters. The molecule has 1 aromatic rings. The second-order valence-corrected chi connectivity index (χ2v) is 5.58. The molecule has 1 aliphatic rings. The van der Waals surface area contributed by atoms with Gasteiger partial charge in [0, 0.05) is 51.4 Å². The van der Waals surface area contributed by atoms with Gasteiger partial charge in [-0.15, -0.1) is 5.10 Å². The van der Waals surface area contributed by atoms with E-state index in [-0.39, 0.29) is 6.04 Å². The van der Waals surface area contributed by atoms with Crippen LogP contribution in [0, 0.1) is 0 Å². The highest BCUT2D eigenvalue weighted by Gasteiger charge is 2.25. The van der Waals surface area contributed by atoms with Gasteiger partial charge in [0.15, 0.2) is 0 Å². The number of hydrogen-bond donors (Lipinski definition) is 2. The van der Waals surface area contributed by atoms with Gasteiger partial charge in [0.05, 0.1) is 5.69 Å². The first-order chi connectivity index (χ1) is 9.08. The van der Waals surface area contributed by atoms with E-state index < -0.39 is 0 Å². The quantitative estimate of drug-likeness (QED) is 0.517. The Bertz CT molecular complexity index is 391. The molecule has 0 saturated carbocycles. The predicted octanol–water partition coefficient (Wildman–Crippen LogP) is -1.17. The van der Waals surface area contributed by atoms with Crippen molar-refractivity contribution < 1.29 is 0 Å². The molecule has 0 bridgehead atoms. The molecule has 2 heterocycles. The van der Waals surface area contributed by atoms with Crippen LogP contribution in [0.15, 0.2) is 6.20 Å². The molecular weight excluding hydrogens is 242 g/mol. The van der Waals surface area contributed by atoms with Crippen molar-refractivity contribution in [2.45, 2.75) is 24.9 Å². The molecule has 108 valence electrons. The van der Waals surface area contributed by atoms with E-state index in [1.54, 1.807) is 4.68 Å². The minimum absolute atomic E-state index is 0.232. The maximum absolute atomic E-state index is 5.69. The number of likely N-dealkylation sites (N-methyl/N-ethyl adjacent to an activating group) is 2. The first kappa shape index (κ1) is 14.4. The molecule has 1 aromatic heterocycles. The number of hydrogen-bond acceptors (Lipinski definition) is 6. The van der Waals surface area contributed by atoms with E-state index in [4.69, 9.17) is 5.84 Å². The highest BCUT2D eigenvalue weighted by molar-refractivity contribution is 4.97. The summed E-state index contributed by atoms with van der Waals surface area (Å²) in [6, 6.07) is 0.770. The predicted molar refractivity (Wildman–Crippen MR) is 74.4 cm³/mol. The van der Waals surface area contributed by atoms with Crippen LogP contribution in [0.3, 0.4) is 0 Å². The van der Waals surface area contributed by atoms with Gasteiger partial charge in [-0.1, -0.05) is 5.21 Å². The standard InChI is InChI=1S/C12H25N7/c1-17-4-5-18(2)12(9-17)7-10(14-13)6-11-8-19(3)16-15-11/h8,10,12,14H,4-7,9,13H2,1-3H3. The first-order valence-electron chi connectivity index (χ1n) is 6.78. The smallest absolute Gasteiger partial charge is 0.0843 e. The lowest BCUT2D eigenvalue weighted by molar-refractivity contribution is 0.101. The Kier molecular flexibility index (Phi) is 4.87. The van der Waals surface area contributed by atoms with E-state index in [9.17, 15) is 0 Å². The van der Waals surface area contributed by atoms with Crippen molar-refractivity contribution in [1.82, 2.24) is 30.2 Å². The SMILES string of the molecule is CN1CCN(C)C(CC(Cc2cn(C)nn2)NN)C1. The molecule has 1 aliphatic heterocycles. The van der Waals surface area contributed by atoms with E-state index in [2.05, 4.69) is 39.6 Å². The fraction of sp³-hybridized carbons (Fsp3) is 0.833. The van der Waals surface area contributed by atoms with E-state index in [0.717, 1.165) is 38.2 Å². The van der Waals surface area contributed by atoms with Gasteiger partial charge >= 0.3 is 0 Å². The van der Waals surface area contributed by atoms with Crippen molar-refractivity contribution in [3.8, 4) is 0 Å². The third kappa shape index (κ3) is 3.97. The van der Waals surface area contributed by atoms with E-state index in [0.29, 0.717) is 6.04 Å². The van der Waals surface area contributed by atoms with Crippen molar-refractivity contribution in [1.29, 1.82) is 0 Å². The second-order valence-electron chi connectivity index (χ2n) is 5.58. The summed E-state index contributed by atoms with van der Waals surface area (Å²) < 4.78 is 1.73. The van der Waals surface area contributed by atoms with Crippen molar-refractivity contribution in [3.63, 3.8) is 0 Å². The fourth-order valence-corrected chi connectivity index (χ4v) is 2.64. The molecule has 0 spiro atoms. The van der Waals surface area contributed by atoms with Crippen LogP contribution in [0.1, 0.15) is 12.1 Å². The number of aromatic nitrogens is 3. The van der Waals surface area contributed by atoms with Crippen LogP contribution in [0.5, 0.6) is 0 Å². The Hall–Kier alpha value is -1.02. The average molecular weight is 267 g/mol. The van der Waals surface area contributed by atoms with Crippen molar-refractivity contribution in [2.75, 3.05) is 33.7 Å². The average Bonchev–Trinajstić information content (AvgIpc) is 2.78. The van der Waals surface area contributed by atoms with Crippen LogP contribution in [0.2, 0.25) is 0 Å². The largest absolute Gasteiger partial charge is 0.304 e. The van der Waals surface area contributed by atoms with Crippen LogP contribution in [-0.2, 0) is 13.5 Å². The third-order valence-electron chi connectivity index (χ3n) is 3.88. The zero-order chi connectivity index (χ0) is 13.8. The van der Waals surface area contributed by atoms with E-state index in [1.165, 1.54) is 0 Å². The second kappa shape index (κ2) is 6.42. The Balaban J connectivity index is 1.90. The molecule has 19 heavy (non-hydrogen) atoms. The Morgan fingerprint density at radius 3 is 2.84 bits per heavy atom. The molecule has 2 unspecified atom stereocenters. The number of hydrazine groups is 1. The van der Waals surface area contributed by atoms with Gasteiger partial charge in [-0.05, 0) is 20.5 Å². The monoisotopic (exact) mass is 267 g/mol. The van der Waals surface area contributed by atoms with Gasteiger partial charge in [0.2, 0.25) is 0 Å². The summed E-state index contributed by atoms with van der Waals surface area (Å²) in [4.78, 5) is 4.79. The zero-order valence-corrected chi connectivity index (χ0v) is 12.1. The number of nitrogens with two attached hydrogens (primary N) is 1. The van der Waals surface area contributed by atoms with Gasteiger partial charge in [-0.25, -0.2) is 0 Å². The maximum Gasteiger partial charge on any atom is 0.0843 e. The van der Waals surface area contributed by atoms with Crippen molar-refractivity contribution >= 4 is 0 Å². The molecule has 3 N–H and O–H groups in total. The van der Waals surface area contributed by atoms with Gasteiger partial charge < -0.3 is 9.80 Å². The number of aryl methyl sites for hydroxylation is 1. The summed E-state index contributed by atoms with van der Waals surface area (Å²) in [5, 5.41) is 8.08. The highest BCUT2D eigenvalue weighted by atomic mass is 15.4. The number of rotatable bonds is 5. The number of nitrogens with zero attached hydrogens (tertiary/aromatic N) is 5. The van der Waals surface area contributed by atoms with E-state index in [1.807, 2.05) is 13.2 Å². The molecular formula is C12H25N7. The normalized spacial score (nSPS) is 23.7. The molecule has 0 amide bonds. The number of nitrogens with one attached hydrogen (secondary N) is 1. The van der Waals surface area contributed by atoms with Crippen LogP contribution in [0.4, 0.5) is 0 Å². The summed E-state index contributed by atoms with van der Waals surface area (Å²) in [5.41, 5.74) is 3.90. The van der Waals surface area contributed by atoms with Crippen LogP contribution in [0.25, 0.3) is 0 Å². The summed E-state index contributed by atoms with van der Waals surface area (Å²) in [6.45, 7) is 3.34. The van der Waals surface area contributed by atoms with Crippen LogP contribution < -0.4 is 11.3 Å². The van der Waals surface area contributed by atoms with Crippen LogP contribution >= 0.6 is 0 Å². The van der Waals surface area contributed by atoms with E-state index >= 15 is 0 Å². The lowest BCUT2D eigenvalue weighted by atomic mass is 10.0. The third-order valence-corrected chi connectivity index (χ3v) is 3.88. The first-order valence-corrected chi connectivity index (χ1v) is 6.78. The summed E-state index contributed by atoms with van der Waals surface area (Å²) >= 11 is 0. The molecule has 0 aliphatic carbocycles. The Morgan fingerprint density at radius 2 is 2.21 bits per heavy atom. The Morgan fingerprint density at radius 1 is 1.42 bits per heavy atom. The number of piperazine rings is 1. The van der Waals surface area contributed by atoms with Crippen LogP contribution in [-0.4, -0.2) is 70.6 Å². The lowest BCUT2D eigenvalue weighted by Crippen LogP contribution is -2.53. The maximum atomic E-state index is 5.69. The van der Waals surface area contributed by atoms with Gasteiger partial charge in [0.1, 0.15) is 0 Å². The highest BCUT2D eigenvalue weighted by Crippen LogP contribution is 2.13. The molecule has 0 aromatic carbocycles. The van der Waals surface area contributed by atoms with Crippen molar-refractivity contribution in [3.05, 3.63) is 11.9 Å². The summed E-state index contributed by atoms with van der Waals surface area (Å²) in [5.74, 6) is 5.69. The molecule has 1 saturated heterocycles. The summed E-state index contributed by atoms with van der Waals surface area (Å²) in [6.07, 6.45) is 3.79. The molecule has 7 heteroatoms. The van der Waals surface area contributed by atoms with Gasteiger partial charge in [-0.2, -0.15) is 0 Å². The fourth-order valence-electron chi connectivity index (χ4n) is 2.64. The zero-order valence-electron chi connectivity index (χ0n) is 12.1. The van der Waals surface area contributed by atoms with Gasteiger partial charge in [0.25, 0.3) is 0 Å². The summed E-state index contributed by atoms with van der Waals surface area (Å²) in [7, 11) is 6.24. The van der Waals surface area contributed by atoms with Gasteiger partial charge in [-0.3, -0.25) is 16.0 Å². The Labute approximate surface area is 114 Å². The molecule has 0 radical (unpaired) electrons. The minimum Gasteiger partial charge on any atom is -0.304 e.